The molecular formula is C12H18F3N3. The number of aryl methyl sites for hydroxylation is 1. The lowest BCUT2D eigenvalue weighted by Gasteiger charge is -2.31. The Morgan fingerprint density at radius 3 is 2.83 bits per heavy atom. The normalized spacial score (nSPS) is 25.3. The molecule has 102 valence electrons. The second-order valence-corrected chi connectivity index (χ2v) is 5.00. The molecule has 0 saturated heterocycles. The molecule has 1 aromatic rings. The Bertz CT molecular complexity index is 386. The Labute approximate surface area is 104 Å². The van der Waals surface area contributed by atoms with E-state index in [1.54, 1.807) is 6.20 Å². The van der Waals surface area contributed by atoms with Gasteiger partial charge in [-0.3, -0.25) is 5.10 Å². The van der Waals surface area contributed by atoms with Gasteiger partial charge in [0, 0.05) is 23.8 Å². The van der Waals surface area contributed by atoms with Gasteiger partial charge in [-0.25, -0.2) is 0 Å². The molecule has 0 radical (unpaired) electrons. The molecule has 6 heteroatoms. The van der Waals surface area contributed by atoms with Gasteiger partial charge in [-0.15, -0.1) is 0 Å². The molecule has 1 aliphatic carbocycles. The smallest absolute Gasteiger partial charge is 0.310 e. The summed E-state index contributed by atoms with van der Waals surface area (Å²) in [5.41, 5.74) is 1.98. The standard InChI is InChI=1S/C12H18F3N3/c1-8-9(7-17-18-8)6-16-11-4-2-3-10(5-11)12(13,14)15/h7,10-11,16H,2-6H2,1H3,(H,17,18)/t10-,11+/m1/s1. The number of hydrogen-bond acceptors (Lipinski definition) is 2. The van der Waals surface area contributed by atoms with E-state index in [1.165, 1.54) is 0 Å². The van der Waals surface area contributed by atoms with E-state index in [-0.39, 0.29) is 18.9 Å². The number of rotatable bonds is 3. The molecular weight excluding hydrogens is 243 g/mol. The molecule has 0 aliphatic heterocycles. The molecule has 0 amide bonds. The van der Waals surface area contributed by atoms with E-state index >= 15 is 0 Å². The van der Waals surface area contributed by atoms with Crippen LogP contribution in [0.3, 0.4) is 0 Å². The summed E-state index contributed by atoms with van der Waals surface area (Å²) in [6.07, 6.45) is -0.402. The molecule has 1 heterocycles. The molecule has 1 saturated carbocycles. The minimum absolute atomic E-state index is 0.0420. The van der Waals surface area contributed by atoms with Gasteiger partial charge < -0.3 is 5.32 Å². The fourth-order valence-electron chi connectivity index (χ4n) is 2.48. The van der Waals surface area contributed by atoms with E-state index in [1.807, 2.05) is 6.92 Å². The van der Waals surface area contributed by atoms with Crippen LogP contribution in [0, 0.1) is 12.8 Å². The Hall–Kier alpha value is -1.04. The summed E-state index contributed by atoms with van der Waals surface area (Å²) in [4.78, 5) is 0. The number of alkyl halides is 3. The summed E-state index contributed by atoms with van der Waals surface area (Å²) in [5.74, 6) is -1.14. The lowest BCUT2D eigenvalue weighted by atomic mass is 9.85. The predicted molar refractivity (Wildman–Crippen MR) is 62.0 cm³/mol. The SMILES string of the molecule is Cc1[nH]ncc1CN[C@H]1CCC[C@@H](C(F)(F)F)C1. The van der Waals surface area contributed by atoms with Crippen molar-refractivity contribution in [2.45, 2.75) is 51.4 Å². The fraction of sp³-hybridized carbons (Fsp3) is 0.750. The summed E-state index contributed by atoms with van der Waals surface area (Å²) >= 11 is 0. The highest BCUT2D eigenvalue weighted by molar-refractivity contribution is 5.13. The van der Waals surface area contributed by atoms with Crippen molar-refractivity contribution in [3.63, 3.8) is 0 Å². The van der Waals surface area contributed by atoms with Gasteiger partial charge in [-0.2, -0.15) is 18.3 Å². The zero-order chi connectivity index (χ0) is 13.2. The van der Waals surface area contributed by atoms with Crippen LogP contribution in [0.25, 0.3) is 0 Å². The summed E-state index contributed by atoms with van der Waals surface area (Å²) in [6.45, 7) is 2.49. The Morgan fingerprint density at radius 1 is 1.44 bits per heavy atom. The number of nitrogens with one attached hydrogen (secondary N) is 2. The Morgan fingerprint density at radius 2 is 2.22 bits per heavy atom. The third kappa shape index (κ3) is 3.25. The second kappa shape index (κ2) is 5.30. The van der Waals surface area contributed by atoms with Crippen molar-refractivity contribution in [2.75, 3.05) is 0 Å². The maximum Gasteiger partial charge on any atom is 0.391 e. The largest absolute Gasteiger partial charge is 0.391 e. The molecule has 18 heavy (non-hydrogen) atoms. The van der Waals surface area contributed by atoms with Crippen LogP contribution in [0.2, 0.25) is 0 Å². The van der Waals surface area contributed by atoms with Crippen molar-refractivity contribution in [3.05, 3.63) is 17.5 Å². The fourth-order valence-corrected chi connectivity index (χ4v) is 2.48. The first-order valence-corrected chi connectivity index (χ1v) is 6.25. The summed E-state index contributed by atoms with van der Waals surface area (Å²) in [6, 6.07) is -0.0420. The van der Waals surface area contributed by atoms with Crippen LogP contribution in [0.15, 0.2) is 6.20 Å². The van der Waals surface area contributed by atoms with E-state index in [9.17, 15) is 13.2 Å². The van der Waals surface area contributed by atoms with Gasteiger partial charge in [-0.1, -0.05) is 6.42 Å². The van der Waals surface area contributed by atoms with Gasteiger partial charge in [0.1, 0.15) is 0 Å². The molecule has 3 nitrogen and oxygen atoms in total. The van der Waals surface area contributed by atoms with E-state index < -0.39 is 12.1 Å². The lowest BCUT2D eigenvalue weighted by Crippen LogP contribution is -2.38. The number of halogens is 3. The lowest BCUT2D eigenvalue weighted by molar-refractivity contribution is -0.183. The van der Waals surface area contributed by atoms with Gasteiger partial charge in [0.25, 0.3) is 0 Å². The summed E-state index contributed by atoms with van der Waals surface area (Å²) < 4.78 is 37.9. The van der Waals surface area contributed by atoms with Gasteiger partial charge >= 0.3 is 6.18 Å². The maximum absolute atomic E-state index is 12.6. The van der Waals surface area contributed by atoms with E-state index in [4.69, 9.17) is 0 Å². The number of aromatic nitrogens is 2. The second-order valence-electron chi connectivity index (χ2n) is 5.00. The van der Waals surface area contributed by atoms with Crippen LogP contribution in [-0.2, 0) is 6.54 Å². The summed E-state index contributed by atoms with van der Waals surface area (Å²) in [5, 5.41) is 9.92. The van der Waals surface area contributed by atoms with Crippen molar-refractivity contribution >= 4 is 0 Å². The first-order chi connectivity index (χ1) is 8.47. The molecule has 0 unspecified atom stereocenters. The topological polar surface area (TPSA) is 40.7 Å². The molecule has 0 aromatic carbocycles. The van der Waals surface area contributed by atoms with Crippen molar-refractivity contribution < 1.29 is 13.2 Å². The van der Waals surface area contributed by atoms with Crippen molar-refractivity contribution in [2.24, 2.45) is 5.92 Å². The maximum atomic E-state index is 12.6. The molecule has 1 aromatic heterocycles. The van der Waals surface area contributed by atoms with Crippen molar-refractivity contribution in [3.8, 4) is 0 Å². The number of nitrogens with zero attached hydrogens (tertiary/aromatic N) is 1. The third-order valence-corrected chi connectivity index (χ3v) is 3.65. The van der Waals surface area contributed by atoms with E-state index in [0.717, 1.165) is 17.7 Å². The van der Waals surface area contributed by atoms with Gasteiger partial charge in [0.05, 0.1) is 12.1 Å². The van der Waals surface area contributed by atoms with Crippen LogP contribution in [0.1, 0.15) is 36.9 Å². The monoisotopic (exact) mass is 261 g/mol. The van der Waals surface area contributed by atoms with Gasteiger partial charge in [0.15, 0.2) is 0 Å². The molecule has 2 rings (SSSR count). The highest BCUT2D eigenvalue weighted by atomic mass is 19.4. The summed E-state index contributed by atoms with van der Waals surface area (Å²) in [7, 11) is 0. The van der Waals surface area contributed by atoms with Crippen LogP contribution < -0.4 is 5.32 Å². The van der Waals surface area contributed by atoms with Crippen LogP contribution in [-0.4, -0.2) is 22.4 Å². The van der Waals surface area contributed by atoms with E-state index in [0.29, 0.717) is 13.0 Å². The zero-order valence-electron chi connectivity index (χ0n) is 10.3. The number of hydrogen-bond donors (Lipinski definition) is 2. The first-order valence-electron chi connectivity index (χ1n) is 6.25. The van der Waals surface area contributed by atoms with Crippen LogP contribution in [0.4, 0.5) is 13.2 Å². The predicted octanol–water partition coefficient (Wildman–Crippen LogP) is 2.93. The highest BCUT2D eigenvalue weighted by Crippen LogP contribution is 2.37. The molecule has 2 atom stereocenters. The van der Waals surface area contributed by atoms with Crippen LogP contribution in [0.5, 0.6) is 0 Å². The minimum Gasteiger partial charge on any atom is -0.310 e. The highest BCUT2D eigenvalue weighted by Gasteiger charge is 2.41. The Balaban J connectivity index is 1.85. The van der Waals surface area contributed by atoms with Gasteiger partial charge in [-0.05, 0) is 26.2 Å². The third-order valence-electron chi connectivity index (χ3n) is 3.65. The number of aromatic amines is 1. The van der Waals surface area contributed by atoms with Crippen LogP contribution >= 0.6 is 0 Å². The molecule has 0 spiro atoms. The quantitative estimate of drug-likeness (QED) is 0.878. The molecule has 1 aliphatic rings. The number of H-pyrrole nitrogens is 1. The molecule has 0 bridgehead atoms. The molecule has 2 N–H and O–H groups in total. The minimum atomic E-state index is -4.05. The Kier molecular flexibility index (Phi) is 3.94. The first kappa shape index (κ1) is 13.4. The van der Waals surface area contributed by atoms with Crippen molar-refractivity contribution in [1.82, 2.24) is 15.5 Å². The zero-order valence-corrected chi connectivity index (χ0v) is 10.3. The molecule has 1 fully saturated rings. The average Bonchev–Trinajstić information content (AvgIpc) is 2.72. The average molecular weight is 261 g/mol. The van der Waals surface area contributed by atoms with E-state index in [2.05, 4.69) is 15.5 Å². The van der Waals surface area contributed by atoms with Gasteiger partial charge in [0.2, 0.25) is 0 Å². The van der Waals surface area contributed by atoms with Crippen molar-refractivity contribution in [1.29, 1.82) is 0 Å².